The molecule has 0 aliphatic heterocycles. The normalized spacial score (nSPS) is 14.6. The molecule has 0 spiro atoms. The Morgan fingerprint density at radius 2 is 1.85 bits per heavy atom. The Hall–Kier alpha value is -2.91. The molecule has 1 saturated carbocycles. The summed E-state index contributed by atoms with van der Waals surface area (Å²) in [5, 5.41) is 13.8. The van der Waals surface area contributed by atoms with Gasteiger partial charge in [0.15, 0.2) is 5.82 Å². The summed E-state index contributed by atoms with van der Waals surface area (Å²) >= 11 is 0. The number of hydrogen-bond acceptors (Lipinski definition) is 6. The van der Waals surface area contributed by atoms with Gasteiger partial charge in [-0.25, -0.2) is 13.6 Å². The van der Waals surface area contributed by atoms with Crippen molar-refractivity contribution in [2.24, 2.45) is 0 Å². The molecule has 0 amide bonds. The fourth-order valence-electron chi connectivity index (χ4n) is 2.38. The van der Waals surface area contributed by atoms with E-state index in [0.29, 0.717) is 0 Å². The molecule has 1 aromatic rings. The van der Waals surface area contributed by atoms with Crippen LogP contribution in [0.5, 0.6) is 0 Å². The van der Waals surface area contributed by atoms with Gasteiger partial charge in [0.25, 0.3) is 0 Å². The molecule has 140 valence electrons. The molecule has 0 heterocycles. The van der Waals surface area contributed by atoms with Gasteiger partial charge in [0.1, 0.15) is 17.0 Å². The van der Waals surface area contributed by atoms with E-state index in [2.05, 4.69) is 10.1 Å². The number of esters is 1. The van der Waals surface area contributed by atoms with Gasteiger partial charge >= 0.3 is 11.7 Å². The number of rotatable bonds is 6. The Morgan fingerprint density at radius 1 is 1.23 bits per heavy atom. The minimum Gasteiger partial charge on any atom is -0.465 e. The molecule has 0 bridgehead atoms. The van der Waals surface area contributed by atoms with E-state index in [4.69, 9.17) is 0 Å². The van der Waals surface area contributed by atoms with Crippen LogP contribution in [0.4, 0.5) is 18.9 Å². The SMILES string of the molecule is COC(=O)/C(=C/NC1CCC1)C(=O)c1c(F)c(C)c(F)c(F)c1[N+](=O)[O-]. The zero-order chi connectivity index (χ0) is 19.6. The number of carbonyl (C=O) groups excluding carboxylic acids is 2. The third kappa shape index (κ3) is 3.39. The van der Waals surface area contributed by atoms with Crippen LogP contribution in [0.3, 0.4) is 0 Å². The lowest BCUT2D eigenvalue weighted by Crippen LogP contribution is -2.33. The number of methoxy groups -OCH3 is 1. The van der Waals surface area contributed by atoms with Crippen LogP contribution in [0.1, 0.15) is 35.2 Å². The number of nitrogens with one attached hydrogen (secondary N) is 1. The molecule has 0 aromatic heterocycles. The molecule has 0 unspecified atom stereocenters. The lowest BCUT2D eigenvalue weighted by atomic mass is 9.93. The third-order valence-corrected chi connectivity index (χ3v) is 4.14. The molecule has 1 aliphatic carbocycles. The van der Waals surface area contributed by atoms with E-state index in [0.717, 1.165) is 39.5 Å². The number of nitrogens with zero attached hydrogens (tertiary/aromatic N) is 1. The fourth-order valence-corrected chi connectivity index (χ4v) is 2.38. The monoisotopic (exact) mass is 372 g/mol. The molecule has 1 aliphatic rings. The second-order valence-corrected chi connectivity index (χ2v) is 5.72. The van der Waals surface area contributed by atoms with Gasteiger partial charge in [0.2, 0.25) is 11.6 Å². The number of ketones is 1. The standard InChI is InChI=1S/C16H15F3N2O5/c1-7-11(17)10(14(21(24)25)13(19)12(7)18)15(22)9(16(23)26-2)6-20-8-4-3-5-8/h6,8,20H,3-5H2,1-2H3/b9-6+. The molecule has 10 heteroatoms. The average Bonchev–Trinajstić information content (AvgIpc) is 2.56. The number of ether oxygens (including phenoxy) is 1. The lowest BCUT2D eigenvalue weighted by molar-refractivity contribution is -0.388. The summed E-state index contributed by atoms with van der Waals surface area (Å²) in [5.41, 5.74) is -4.67. The molecule has 0 saturated heterocycles. The number of Topliss-reactive ketones (excluding diaryl/α,β-unsaturated/α-hetero) is 1. The van der Waals surface area contributed by atoms with Gasteiger partial charge in [0.05, 0.1) is 12.0 Å². The van der Waals surface area contributed by atoms with Crippen LogP contribution < -0.4 is 5.32 Å². The first-order valence-electron chi connectivity index (χ1n) is 7.61. The smallest absolute Gasteiger partial charge is 0.343 e. The van der Waals surface area contributed by atoms with Crippen LogP contribution in [-0.2, 0) is 9.53 Å². The number of halogens is 3. The molecular weight excluding hydrogens is 357 g/mol. The predicted molar refractivity (Wildman–Crippen MR) is 82.9 cm³/mol. The quantitative estimate of drug-likeness (QED) is 0.120. The predicted octanol–water partition coefficient (Wildman–Crippen LogP) is 2.70. The van der Waals surface area contributed by atoms with Crippen molar-refractivity contribution >= 4 is 17.4 Å². The summed E-state index contributed by atoms with van der Waals surface area (Å²) in [6, 6.07) is -0.0195. The first-order valence-corrected chi connectivity index (χ1v) is 7.61. The van der Waals surface area contributed by atoms with Crippen molar-refractivity contribution < 1.29 is 32.4 Å². The first-order chi connectivity index (χ1) is 12.2. The highest BCUT2D eigenvalue weighted by Crippen LogP contribution is 2.32. The van der Waals surface area contributed by atoms with E-state index in [1.165, 1.54) is 0 Å². The Kier molecular flexibility index (Phi) is 5.63. The van der Waals surface area contributed by atoms with Crippen molar-refractivity contribution in [3.05, 3.63) is 50.5 Å². The van der Waals surface area contributed by atoms with Crippen LogP contribution in [-0.4, -0.2) is 29.8 Å². The van der Waals surface area contributed by atoms with Crippen molar-refractivity contribution in [2.75, 3.05) is 7.11 Å². The summed E-state index contributed by atoms with van der Waals surface area (Å²) in [5.74, 6) is -8.04. The van der Waals surface area contributed by atoms with Gasteiger partial charge in [-0.2, -0.15) is 4.39 Å². The van der Waals surface area contributed by atoms with Crippen LogP contribution >= 0.6 is 0 Å². The summed E-state index contributed by atoms with van der Waals surface area (Å²) in [6.45, 7) is 0.822. The molecule has 1 N–H and O–H groups in total. The Labute approximate surface area is 146 Å². The van der Waals surface area contributed by atoms with Crippen LogP contribution in [0.15, 0.2) is 11.8 Å². The number of benzene rings is 1. The zero-order valence-electron chi connectivity index (χ0n) is 13.9. The minimum atomic E-state index is -1.98. The van der Waals surface area contributed by atoms with Gasteiger partial charge in [-0.15, -0.1) is 0 Å². The van der Waals surface area contributed by atoms with Crippen molar-refractivity contribution in [3.8, 4) is 0 Å². The molecule has 1 aromatic carbocycles. The maximum absolute atomic E-state index is 14.4. The fraction of sp³-hybridized carbons (Fsp3) is 0.375. The first kappa shape index (κ1) is 19.4. The van der Waals surface area contributed by atoms with Crippen LogP contribution in [0, 0.1) is 34.5 Å². The molecule has 1 fully saturated rings. The van der Waals surface area contributed by atoms with Crippen molar-refractivity contribution in [1.82, 2.24) is 5.32 Å². The maximum atomic E-state index is 14.4. The lowest BCUT2D eigenvalue weighted by Gasteiger charge is -2.25. The van der Waals surface area contributed by atoms with Crippen molar-refractivity contribution in [2.45, 2.75) is 32.2 Å². The summed E-state index contributed by atoms with van der Waals surface area (Å²) < 4.78 is 46.4. The molecular formula is C16H15F3N2O5. The second kappa shape index (κ2) is 7.54. The number of hydrogen-bond donors (Lipinski definition) is 1. The molecule has 2 rings (SSSR count). The van der Waals surface area contributed by atoms with Crippen molar-refractivity contribution in [1.29, 1.82) is 0 Å². The van der Waals surface area contributed by atoms with E-state index < -0.39 is 56.5 Å². The highest BCUT2D eigenvalue weighted by atomic mass is 19.2. The van der Waals surface area contributed by atoms with Gasteiger partial charge in [0, 0.05) is 17.8 Å². The highest BCUT2D eigenvalue weighted by Gasteiger charge is 2.37. The Morgan fingerprint density at radius 3 is 2.31 bits per heavy atom. The van der Waals surface area contributed by atoms with E-state index in [-0.39, 0.29) is 6.04 Å². The van der Waals surface area contributed by atoms with Gasteiger partial charge in [-0.05, 0) is 26.2 Å². The summed E-state index contributed by atoms with van der Waals surface area (Å²) in [7, 11) is 0.952. The highest BCUT2D eigenvalue weighted by molar-refractivity contribution is 6.25. The van der Waals surface area contributed by atoms with E-state index in [1.807, 2.05) is 0 Å². The van der Waals surface area contributed by atoms with Gasteiger partial charge < -0.3 is 10.1 Å². The topological polar surface area (TPSA) is 98.5 Å². The summed E-state index contributed by atoms with van der Waals surface area (Å²) in [6.07, 6.45) is 3.45. The van der Waals surface area contributed by atoms with Crippen LogP contribution in [0.25, 0.3) is 0 Å². The molecule has 7 nitrogen and oxygen atoms in total. The maximum Gasteiger partial charge on any atom is 0.343 e. The Bertz CT molecular complexity index is 819. The van der Waals surface area contributed by atoms with Crippen LogP contribution in [0.2, 0.25) is 0 Å². The van der Waals surface area contributed by atoms with Crippen molar-refractivity contribution in [3.63, 3.8) is 0 Å². The zero-order valence-corrected chi connectivity index (χ0v) is 13.9. The van der Waals surface area contributed by atoms with Gasteiger partial charge in [-0.3, -0.25) is 14.9 Å². The third-order valence-electron chi connectivity index (χ3n) is 4.14. The number of nitro groups is 1. The number of carbonyl (C=O) groups is 2. The molecule has 0 atom stereocenters. The average molecular weight is 372 g/mol. The largest absolute Gasteiger partial charge is 0.465 e. The van der Waals surface area contributed by atoms with E-state index >= 15 is 0 Å². The number of nitro benzene ring substituents is 1. The second-order valence-electron chi connectivity index (χ2n) is 5.72. The molecule has 26 heavy (non-hydrogen) atoms. The molecule has 0 radical (unpaired) electrons. The van der Waals surface area contributed by atoms with E-state index in [1.54, 1.807) is 0 Å². The van der Waals surface area contributed by atoms with Gasteiger partial charge in [-0.1, -0.05) is 0 Å². The van der Waals surface area contributed by atoms with E-state index in [9.17, 15) is 32.9 Å². The minimum absolute atomic E-state index is 0.0195. The summed E-state index contributed by atoms with van der Waals surface area (Å²) in [4.78, 5) is 34.1. The Balaban J connectivity index is 2.61.